The molecular weight excluding hydrogens is 478 g/mol. The van der Waals surface area contributed by atoms with E-state index < -0.39 is 5.97 Å². The number of hydrogen-bond donors (Lipinski definition) is 3. The van der Waals surface area contributed by atoms with Crippen LogP contribution < -0.4 is 25.3 Å². The van der Waals surface area contributed by atoms with Crippen LogP contribution in [-0.4, -0.2) is 61.5 Å². The molecule has 1 heterocycles. The van der Waals surface area contributed by atoms with Gasteiger partial charge in [-0.15, -0.1) is 0 Å². The molecule has 0 aliphatic carbocycles. The minimum atomic E-state index is -0.539. The summed E-state index contributed by atoms with van der Waals surface area (Å²) in [5.74, 6) is 0.503. The molecule has 0 aliphatic rings. The van der Waals surface area contributed by atoms with E-state index in [1.54, 1.807) is 50.2 Å². The summed E-state index contributed by atoms with van der Waals surface area (Å²) in [4.78, 5) is 29.7. The van der Waals surface area contributed by atoms with Gasteiger partial charge in [0.05, 0.1) is 48.6 Å². The second kappa shape index (κ2) is 12.8. The van der Waals surface area contributed by atoms with E-state index in [9.17, 15) is 9.59 Å². The van der Waals surface area contributed by atoms with Gasteiger partial charge in [0.2, 0.25) is 0 Å². The molecule has 198 valence electrons. The monoisotopic (exact) mass is 511 g/mol. The lowest BCUT2D eigenvalue weighted by Gasteiger charge is -2.18. The normalized spacial score (nSPS) is 11.6. The molecular formula is C27H33N3O7. The van der Waals surface area contributed by atoms with Gasteiger partial charge < -0.3 is 35.1 Å². The SMILES string of the molecule is CCOC(=O)c1c(C)nc2cccc(OCC(C)NC(=O)c3ccc(OCCCO)c(OC)c3)c2c1N. The Balaban J connectivity index is 1.72. The number of anilines is 1. The molecule has 1 unspecified atom stereocenters. The number of pyridine rings is 1. The fourth-order valence-corrected chi connectivity index (χ4v) is 3.76. The molecule has 0 aliphatic heterocycles. The zero-order chi connectivity index (χ0) is 26.9. The summed E-state index contributed by atoms with van der Waals surface area (Å²) < 4.78 is 22.1. The molecule has 0 saturated heterocycles. The van der Waals surface area contributed by atoms with Gasteiger partial charge in [-0.3, -0.25) is 9.78 Å². The van der Waals surface area contributed by atoms with Gasteiger partial charge in [-0.25, -0.2) is 4.79 Å². The topological polar surface area (TPSA) is 142 Å². The van der Waals surface area contributed by atoms with Gasteiger partial charge in [0.15, 0.2) is 11.5 Å². The van der Waals surface area contributed by atoms with Crippen molar-refractivity contribution in [1.29, 1.82) is 0 Å². The summed E-state index contributed by atoms with van der Waals surface area (Å²) in [5.41, 5.74) is 8.27. The van der Waals surface area contributed by atoms with Gasteiger partial charge in [-0.05, 0) is 51.1 Å². The Kier molecular flexibility index (Phi) is 9.51. The molecule has 10 nitrogen and oxygen atoms in total. The second-order valence-corrected chi connectivity index (χ2v) is 8.33. The molecule has 0 saturated carbocycles. The molecule has 37 heavy (non-hydrogen) atoms. The van der Waals surface area contributed by atoms with Crippen LogP contribution in [0.4, 0.5) is 5.69 Å². The van der Waals surface area contributed by atoms with Crippen LogP contribution in [-0.2, 0) is 4.74 Å². The highest BCUT2D eigenvalue weighted by atomic mass is 16.5. The average molecular weight is 512 g/mol. The maximum Gasteiger partial charge on any atom is 0.342 e. The number of aliphatic hydroxyl groups is 1. The molecule has 0 fully saturated rings. The number of aromatic nitrogens is 1. The van der Waals surface area contributed by atoms with Crippen molar-refractivity contribution in [3.05, 3.63) is 53.2 Å². The fraction of sp³-hybridized carbons (Fsp3) is 0.370. The quantitative estimate of drug-likeness (QED) is 0.247. The summed E-state index contributed by atoms with van der Waals surface area (Å²) >= 11 is 0. The van der Waals surface area contributed by atoms with Crippen molar-refractivity contribution in [2.45, 2.75) is 33.2 Å². The van der Waals surface area contributed by atoms with Crippen LogP contribution in [0.25, 0.3) is 10.9 Å². The number of aryl methyl sites for hydroxylation is 1. The average Bonchev–Trinajstić information content (AvgIpc) is 2.87. The lowest BCUT2D eigenvalue weighted by Crippen LogP contribution is -2.36. The standard InChI is InChI=1S/C27H33N3O7/c1-5-35-27(33)23-17(3)30-19-8-6-9-21(24(19)25(23)28)37-15-16(2)29-26(32)18-10-11-20(22(14-18)34-4)36-13-7-12-31/h6,8-11,14,16,31H,5,7,12-13,15H2,1-4H3,(H2,28,30)(H,29,32). The van der Waals surface area contributed by atoms with E-state index in [-0.39, 0.29) is 43.0 Å². The molecule has 1 amide bonds. The molecule has 4 N–H and O–H groups in total. The number of carbonyl (C=O) groups is 2. The first-order valence-corrected chi connectivity index (χ1v) is 12.0. The Morgan fingerprint density at radius 3 is 2.62 bits per heavy atom. The number of rotatable bonds is 12. The van der Waals surface area contributed by atoms with E-state index in [2.05, 4.69) is 10.3 Å². The third-order valence-electron chi connectivity index (χ3n) is 5.52. The molecule has 0 bridgehead atoms. The first-order chi connectivity index (χ1) is 17.8. The van der Waals surface area contributed by atoms with Crippen LogP contribution in [0, 0.1) is 6.92 Å². The number of methoxy groups -OCH3 is 1. The smallest absolute Gasteiger partial charge is 0.342 e. The Bertz CT molecular complexity index is 1260. The number of nitrogens with zero attached hydrogens (tertiary/aromatic N) is 1. The van der Waals surface area contributed by atoms with Crippen molar-refractivity contribution >= 4 is 28.5 Å². The number of aliphatic hydroxyl groups excluding tert-OH is 1. The number of nitrogens with one attached hydrogen (secondary N) is 1. The molecule has 1 atom stereocenters. The number of nitrogens with two attached hydrogens (primary N) is 1. The number of fused-ring (bicyclic) bond motifs is 1. The molecule has 0 spiro atoms. The van der Waals surface area contributed by atoms with Gasteiger partial charge >= 0.3 is 5.97 Å². The minimum Gasteiger partial charge on any atom is -0.493 e. The van der Waals surface area contributed by atoms with Crippen molar-refractivity contribution < 1.29 is 33.6 Å². The number of amides is 1. The van der Waals surface area contributed by atoms with Gasteiger partial charge in [0.25, 0.3) is 5.91 Å². The molecule has 2 aromatic carbocycles. The number of hydrogen-bond acceptors (Lipinski definition) is 9. The summed E-state index contributed by atoms with van der Waals surface area (Å²) in [6.07, 6.45) is 0.491. The van der Waals surface area contributed by atoms with Crippen LogP contribution in [0.1, 0.15) is 46.7 Å². The Morgan fingerprint density at radius 1 is 1.14 bits per heavy atom. The van der Waals surface area contributed by atoms with Crippen LogP contribution in [0.15, 0.2) is 36.4 Å². The maximum atomic E-state index is 12.8. The number of benzene rings is 2. The minimum absolute atomic E-state index is 0.0246. The van der Waals surface area contributed by atoms with Crippen molar-refractivity contribution in [3.8, 4) is 17.2 Å². The summed E-state index contributed by atoms with van der Waals surface area (Å²) in [6.45, 7) is 5.96. The van der Waals surface area contributed by atoms with Gasteiger partial charge in [-0.2, -0.15) is 0 Å². The highest BCUT2D eigenvalue weighted by Crippen LogP contribution is 2.34. The molecule has 0 radical (unpaired) electrons. The fourth-order valence-electron chi connectivity index (χ4n) is 3.76. The van der Waals surface area contributed by atoms with E-state index in [1.165, 1.54) is 7.11 Å². The summed E-state index contributed by atoms with van der Waals surface area (Å²) in [6, 6.07) is 9.83. The van der Waals surface area contributed by atoms with E-state index >= 15 is 0 Å². The zero-order valence-electron chi connectivity index (χ0n) is 21.5. The van der Waals surface area contributed by atoms with Crippen LogP contribution in [0.5, 0.6) is 17.2 Å². The highest BCUT2D eigenvalue weighted by molar-refractivity contribution is 6.07. The molecule has 3 aromatic rings. The first-order valence-electron chi connectivity index (χ1n) is 12.0. The van der Waals surface area contributed by atoms with Crippen molar-refractivity contribution in [2.24, 2.45) is 0 Å². The Morgan fingerprint density at radius 2 is 1.92 bits per heavy atom. The largest absolute Gasteiger partial charge is 0.493 e. The molecule has 10 heteroatoms. The predicted molar refractivity (Wildman–Crippen MR) is 139 cm³/mol. The van der Waals surface area contributed by atoms with Gasteiger partial charge in [0, 0.05) is 18.6 Å². The Labute approximate surface area is 215 Å². The third kappa shape index (κ3) is 6.59. The van der Waals surface area contributed by atoms with Crippen LogP contribution in [0.2, 0.25) is 0 Å². The van der Waals surface area contributed by atoms with Crippen molar-refractivity contribution in [1.82, 2.24) is 10.3 Å². The van der Waals surface area contributed by atoms with Gasteiger partial charge in [0.1, 0.15) is 17.9 Å². The molecule has 1 aromatic heterocycles. The number of carbonyl (C=O) groups excluding carboxylic acids is 2. The van der Waals surface area contributed by atoms with E-state index in [1.807, 2.05) is 6.92 Å². The Hall–Kier alpha value is -4.05. The van der Waals surface area contributed by atoms with E-state index in [4.69, 9.17) is 29.8 Å². The van der Waals surface area contributed by atoms with Crippen LogP contribution >= 0.6 is 0 Å². The molecule has 3 rings (SSSR count). The lowest BCUT2D eigenvalue weighted by atomic mass is 10.1. The maximum absolute atomic E-state index is 12.8. The third-order valence-corrected chi connectivity index (χ3v) is 5.52. The predicted octanol–water partition coefficient (Wildman–Crippen LogP) is 3.27. The van der Waals surface area contributed by atoms with Crippen molar-refractivity contribution in [3.63, 3.8) is 0 Å². The summed E-state index contributed by atoms with van der Waals surface area (Å²) in [7, 11) is 1.49. The van der Waals surface area contributed by atoms with E-state index in [0.29, 0.717) is 52.4 Å². The first kappa shape index (κ1) is 27.5. The zero-order valence-corrected chi connectivity index (χ0v) is 21.5. The highest BCUT2D eigenvalue weighted by Gasteiger charge is 2.21. The number of nitrogen functional groups attached to an aromatic ring is 1. The van der Waals surface area contributed by atoms with Gasteiger partial charge in [-0.1, -0.05) is 6.07 Å². The van der Waals surface area contributed by atoms with E-state index in [0.717, 1.165) is 0 Å². The number of ether oxygens (including phenoxy) is 4. The summed E-state index contributed by atoms with van der Waals surface area (Å²) in [5, 5.41) is 12.3. The van der Waals surface area contributed by atoms with Crippen LogP contribution in [0.3, 0.4) is 0 Å². The van der Waals surface area contributed by atoms with Crippen molar-refractivity contribution in [2.75, 3.05) is 39.3 Å². The lowest BCUT2D eigenvalue weighted by molar-refractivity contribution is 0.0526. The number of esters is 1. The second-order valence-electron chi connectivity index (χ2n) is 8.33.